The van der Waals surface area contributed by atoms with Crippen LogP contribution in [-0.2, 0) is 16.0 Å². The fourth-order valence-corrected chi connectivity index (χ4v) is 3.24. The fourth-order valence-electron chi connectivity index (χ4n) is 3.24. The molecule has 0 unspecified atom stereocenters. The summed E-state index contributed by atoms with van der Waals surface area (Å²) in [6, 6.07) is 12.4. The smallest absolute Gasteiger partial charge is 0.358 e. The monoisotopic (exact) mass is 453 g/mol. The van der Waals surface area contributed by atoms with Gasteiger partial charge in [-0.05, 0) is 61.4 Å². The van der Waals surface area contributed by atoms with Gasteiger partial charge in [-0.1, -0.05) is 0 Å². The molecule has 0 saturated carbocycles. The van der Waals surface area contributed by atoms with E-state index >= 15 is 0 Å². The van der Waals surface area contributed by atoms with E-state index in [1.807, 2.05) is 12.1 Å². The van der Waals surface area contributed by atoms with Crippen molar-refractivity contribution in [3.8, 4) is 22.9 Å². The second kappa shape index (κ2) is 11.0. The first-order valence-electron chi connectivity index (χ1n) is 10.4. The molecule has 9 nitrogen and oxygen atoms in total. The first kappa shape index (κ1) is 23.6. The molecule has 1 amide bonds. The van der Waals surface area contributed by atoms with E-state index in [9.17, 15) is 9.59 Å². The fraction of sp³-hybridized carbons (Fsp3) is 0.292. The molecule has 1 aromatic heterocycles. The van der Waals surface area contributed by atoms with E-state index in [-0.39, 0.29) is 18.0 Å². The SMILES string of the molecule is CCOC(=O)c1ccn(-c2ccc(NC(=O)CCc3cc(OC)c(OC)c(OC)c3)cc2)n1. The van der Waals surface area contributed by atoms with Gasteiger partial charge in [-0.2, -0.15) is 5.10 Å². The highest BCUT2D eigenvalue weighted by atomic mass is 16.5. The number of nitrogens with zero attached hydrogens (tertiary/aromatic N) is 2. The number of ether oxygens (including phenoxy) is 4. The average Bonchev–Trinajstić information content (AvgIpc) is 3.33. The van der Waals surface area contributed by atoms with E-state index in [0.717, 1.165) is 11.3 Å². The number of aryl methyl sites for hydroxylation is 1. The number of methoxy groups -OCH3 is 3. The minimum absolute atomic E-state index is 0.125. The highest BCUT2D eigenvalue weighted by Gasteiger charge is 2.14. The predicted octanol–water partition coefficient (Wildman–Crippen LogP) is 3.65. The third kappa shape index (κ3) is 5.82. The van der Waals surface area contributed by atoms with Gasteiger partial charge in [0.05, 0.1) is 33.6 Å². The molecule has 1 heterocycles. The number of nitrogens with one attached hydrogen (secondary N) is 1. The van der Waals surface area contributed by atoms with Crippen molar-refractivity contribution < 1.29 is 28.5 Å². The van der Waals surface area contributed by atoms with Gasteiger partial charge in [0.2, 0.25) is 11.7 Å². The lowest BCUT2D eigenvalue weighted by Crippen LogP contribution is -2.12. The molecule has 2 aromatic carbocycles. The molecule has 0 aliphatic heterocycles. The van der Waals surface area contributed by atoms with Crippen LogP contribution < -0.4 is 19.5 Å². The Kier molecular flexibility index (Phi) is 7.91. The highest BCUT2D eigenvalue weighted by molar-refractivity contribution is 5.91. The molecule has 174 valence electrons. The first-order valence-corrected chi connectivity index (χ1v) is 10.4. The lowest BCUT2D eigenvalue weighted by molar-refractivity contribution is -0.116. The molecule has 0 bridgehead atoms. The predicted molar refractivity (Wildman–Crippen MR) is 123 cm³/mol. The van der Waals surface area contributed by atoms with Crippen molar-refractivity contribution in [3.05, 3.63) is 59.9 Å². The van der Waals surface area contributed by atoms with Gasteiger partial charge in [0.1, 0.15) is 0 Å². The minimum atomic E-state index is -0.466. The third-order valence-corrected chi connectivity index (χ3v) is 4.85. The Labute approximate surface area is 192 Å². The van der Waals surface area contributed by atoms with Crippen molar-refractivity contribution in [2.75, 3.05) is 33.3 Å². The van der Waals surface area contributed by atoms with E-state index in [1.165, 1.54) is 0 Å². The molecule has 33 heavy (non-hydrogen) atoms. The maximum Gasteiger partial charge on any atom is 0.358 e. The number of aromatic nitrogens is 2. The van der Waals surface area contributed by atoms with Gasteiger partial charge >= 0.3 is 5.97 Å². The van der Waals surface area contributed by atoms with Crippen molar-refractivity contribution in [1.29, 1.82) is 0 Å². The normalized spacial score (nSPS) is 10.4. The lowest BCUT2D eigenvalue weighted by Gasteiger charge is -2.14. The number of rotatable bonds is 10. The zero-order valence-corrected chi connectivity index (χ0v) is 19.1. The van der Waals surface area contributed by atoms with Crippen LogP contribution in [0.15, 0.2) is 48.7 Å². The Morgan fingerprint density at radius 1 is 0.970 bits per heavy atom. The molecule has 9 heteroatoms. The van der Waals surface area contributed by atoms with Gasteiger partial charge < -0.3 is 24.3 Å². The van der Waals surface area contributed by atoms with Crippen LogP contribution in [0.25, 0.3) is 5.69 Å². The summed E-state index contributed by atoms with van der Waals surface area (Å²) in [5.41, 5.74) is 2.54. The number of carbonyl (C=O) groups is 2. The first-order chi connectivity index (χ1) is 16.0. The van der Waals surface area contributed by atoms with Crippen molar-refractivity contribution >= 4 is 17.6 Å². The number of carbonyl (C=O) groups excluding carboxylic acids is 2. The van der Waals surface area contributed by atoms with Crippen molar-refractivity contribution in [3.63, 3.8) is 0 Å². The van der Waals surface area contributed by atoms with Crippen LogP contribution in [0.2, 0.25) is 0 Å². The Morgan fingerprint density at radius 2 is 1.64 bits per heavy atom. The van der Waals surface area contributed by atoms with Gasteiger partial charge in [0, 0.05) is 18.3 Å². The van der Waals surface area contributed by atoms with E-state index < -0.39 is 5.97 Å². The van der Waals surface area contributed by atoms with E-state index in [2.05, 4.69) is 10.4 Å². The summed E-state index contributed by atoms with van der Waals surface area (Å²) in [4.78, 5) is 24.2. The topological polar surface area (TPSA) is 101 Å². The van der Waals surface area contributed by atoms with Crippen LogP contribution in [0.5, 0.6) is 17.2 Å². The Bertz CT molecular complexity index is 1080. The van der Waals surface area contributed by atoms with Crippen molar-refractivity contribution in [1.82, 2.24) is 9.78 Å². The molecule has 0 saturated heterocycles. The molecule has 3 aromatic rings. The summed E-state index contributed by atoms with van der Waals surface area (Å²) in [5.74, 6) is 1.02. The second-order valence-electron chi connectivity index (χ2n) is 6.99. The minimum Gasteiger partial charge on any atom is -0.493 e. The number of amides is 1. The molecular formula is C24H27N3O6. The molecule has 0 fully saturated rings. The quantitative estimate of drug-likeness (QED) is 0.468. The van der Waals surface area contributed by atoms with Gasteiger partial charge in [-0.3, -0.25) is 4.79 Å². The zero-order valence-electron chi connectivity index (χ0n) is 19.1. The molecular weight excluding hydrogens is 426 g/mol. The van der Waals surface area contributed by atoms with E-state index in [0.29, 0.717) is 36.0 Å². The van der Waals surface area contributed by atoms with Crippen molar-refractivity contribution in [2.45, 2.75) is 19.8 Å². The lowest BCUT2D eigenvalue weighted by atomic mass is 10.1. The van der Waals surface area contributed by atoms with Gasteiger partial charge in [-0.25, -0.2) is 9.48 Å². The summed E-state index contributed by atoms with van der Waals surface area (Å²) < 4.78 is 22.6. The maximum absolute atomic E-state index is 12.4. The molecule has 0 atom stereocenters. The number of anilines is 1. The zero-order chi connectivity index (χ0) is 23.8. The van der Waals surface area contributed by atoms with Crippen LogP contribution in [0.1, 0.15) is 29.4 Å². The van der Waals surface area contributed by atoms with Crippen LogP contribution in [-0.4, -0.2) is 49.6 Å². The largest absolute Gasteiger partial charge is 0.493 e. The molecule has 0 radical (unpaired) electrons. The second-order valence-corrected chi connectivity index (χ2v) is 6.99. The molecule has 0 spiro atoms. The van der Waals surface area contributed by atoms with Crippen molar-refractivity contribution in [2.24, 2.45) is 0 Å². The average molecular weight is 453 g/mol. The Morgan fingerprint density at radius 3 is 2.21 bits per heavy atom. The van der Waals surface area contributed by atoms with Crippen LogP contribution >= 0.6 is 0 Å². The molecule has 0 aliphatic carbocycles. The third-order valence-electron chi connectivity index (χ3n) is 4.85. The Balaban J connectivity index is 1.60. The Hall–Kier alpha value is -4.01. The summed E-state index contributed by atoms with van der Waals surface area (Å²) in [6.45, 7) is 2.03. The van der Waals surface area contributed by atoms with Crippen LogP contribution in [0.4, 0.5) is 5.69 Å². The molecule has 3 rings (SSSR count). The summed E-state index contributed by atoms with van der Waals surface area (Å²) in [6.07, 6.45) is 2.46. The number of benzene rings is 2. The highest BCUT2D eigenvalue weighted by Crippen LogP contribution is 2.38. The maximum atomic E-state index is 12.4. The number of hydrogen-bond donors (Lipinski definition) is 1. The van der Waals surface area contributed by atoms with Gasteiger partial charge in [-0.15, -0.1) is 0 Å². The summed E-state index contributed by atoms with van der Waals surface area (Å²) in [7, 11) is 4.65. The van der Waals surface area contributed by atoms with E-state index in [1.54, 1.807) is 69.5 Å². The summed E-state index contributed by atoms with van der Waals surface area (Å²) in [5, 5.41) is 7.10. The standard InChI is InChI=1S/C24H27N3O6/c1-5-33-24(29)19-12-13-27(26-19)18-9-7-17(8-10-18)25-22(28)11-6-16-14-20(30-2)23(32-4)21(15-16)31-3/h7-10,12-15H,5-6,11H2,1-4H3,(H,25,28). The summed E-state index contributed by atoms with van der Waals surface area (Å²) >= 11 is 0. The van der Waals surface area contributed by atoms with Gasteiger partial charge in [0.15, 0.2) is 17.2 Å². The van der Waals surface area contributed by atoms with E-state index in [4.69, 9.17) is 18.9 Å². The van der Waals surface area contributed by atoms with Crippen LogP contribution in [0.3, 0.4) is 0 Å². The molecule has 1 N–H and O–H groups in total. The number of esters is 1. The molecule has 0 aliphatic rings. The number of hydrogen-bond acceptors (Lipinski definition) is 7. The van der Waals surface area contributed by atoms with Crippen LogP contribution in [0, 0.1) is 0 Å². The van der Waals surface area contributed by atoms with Gasteiger partial charge in [0.25, 0.3) is 0 Å².